The fraction of sp³-hybridized carbons (Fsp3) is 0.250. The van der Waals surface area contributed by atoms with Gasteiger partial charge in [-0.1, -0.05) is 31.4 Å². The summed E-state index contributed by atoms with van der Waals surface area (Å²) in [6, 6.07) is 14.2. The van der Waals surface area contributed by atoms with Crippen molar-refractivity contribution in [3.05, 3.63) is 59.3 Å². The average Bonchev–Trinajstić information content (AvgIpc) is 3.03. The molecule has 0 aliphatic rings. The van der Waals surface area contributed by atoms with Gasteiger partial charge < -0.3 is 14.5 Å². The summed E-state index contributed by atoms with van der Waals surface area (Å²) in [6.45, 7) is 2.87. The Morgan fingerprint density at radius 3 is 2.68 bits per heavy atom. The van der Waals surface area contributed by atoms with Gasteiger partial charge in [-0.05, 0) is 55.0 Å². The molecular formula is C20H20ClNO3. The molecule has 0 aliphatic heterocycles. The lowest BCUT2D eigenvalue weighted by molar-refractivity contribution is 0.0998. The van der Waals surface area contributed by atoms with Crippen LogP contribution in [0.1, 0.15) is 36.7 Å². The van der Waals surface area contributed by atoms with Crippen LogP contribution in [-0.4, -0.2) is 12.5 Å². The van der Waals surface area contributed by atoms with Gasteiger partial charge >= 0.3 is 0 Å². The molecule has 1 heterocycles. The maximum Gasteiger partial charge on any atom is 0.291 e. The van der Waals surface area contributed by atoms with Crippen molar-refractivity contribution < 1.29 is 13.9 Å². The van der Waals surface area contributed by atoms with E-state index in [2.05, 4.69) is 12.2 Å². The van der Waals surface area contributed by atoms with Crippen molar-refractivity contribution in [1.82, 2.24) is 0 Å². The van der Waals surface area contributed by atoms with E-state index in [1.165, 1.54) is 6.42 Å². The first-order chi connectivity index (χ1) is 12.2. The molecule has 0 saturated carbocycles. The van der Waals surface area contributed by atoms with E-state index < -0.39 is 0 Å². The second kappa shape index (κ2) is 8.08. The van der Waals surface area contributed by atoms with Crippen LogP contribution in [0, 0.1) is 0 Å². The number of ether oxygens (including phenoxy) is 1. The van der Waals surface area contributed by atoms with E-state index in [4.69, 9.17) is 20.8 Å². The Balaban J connectivity index is 1.61. The number of anilines is 1. The Hall–Kier alpha value is -2.46. The highest BCUT2D eigenvalue weighted by atomic mass is 35.5. The molecule has 0 bridgehead atoms. The van der Waals surface area contributed by atoms with Crippen molar-refractivity contribution in [2.75, 3.05) is 11.9 Å². The number of rotatable bonds is 7. The molecule has 1 amide bonds. The maximum atomic E-state index is 12.3. The van der Waals surface area contributed by atoms with Crippen LogP contribution in [-0.2, 0) is 0 Å². The van der Waals surface area contributed by atoms with Gasteiger partial charge in [0.1, 0.15) is 11.3 Å². The number of carbonyl (C=O) groups excluding carboxylic acids is 1. The molecule has 1 aromatic heterocycles. The number of benzene rings is 2. The highest BCUT2D eigenvalue weighted by molar-refractivity contribution is 6.31. The topological polar surface area (TPSA) is 51.5 Å². The zero-order chi connectivity index (χ0) is 17.6. The number of furan rings is 1. The Morgan fingerprint density at radius 2 is 1.92 bits per heavy atom. The molecule has 0 radical (unpaired) electrons. The second-order valence-electron chi connectivity index (χ2n) is 5.83. The summed E-state index contributed by atoms with van der Waals surface area (Å²) in [5.41, 5.74) is 1.31. The number of fused-ring (bicyclic) bond motifs is 1. The fourth-order valence-electron chi connectivity index (χ4n) is 2.50. The summed E-state index contributed by atoms with van der Waals surface area (Å²) in [4.78, 5) is 12.3. The largest absolute Gasteiger partial charge is 0.494 e. The molecule has 0 saturated heterocycles. The minimum absolute atomic E-state index is 0.247. The van der Waals surface area contributed by atoms with E-state index in [9.17, 15) is 4.79 Å². The van der Waals surface area contributed by atoms with Crippen LogP contribution < -0.4 is 10.1 Å². The maximum absolute atomic E-state index is 12.3. The highest BCUT2D eigenvalue weighted by Crippen LogP contribution is 2.24. The summed E-state index contributed by atoms with van der Waals surface area (Å²) in [5, 5.41) is 4.22. The lowest BCUT2D eigenvalue weighted by atomic mass is 10.2. The molecule has 3 rings (SSSR count). The van der Waals surface area contributed by atoms with Crippen molar-refractivity contribution in [2.45, 2.75) is 26.2 Å². The van der Waals surface area contributed by atoms with Crippen LogP contribution in [0.3, 0.4) is 0 Å². The van der Waals surface area contributed by atoms with Gasteiger partial charge in [0, 0.05) is 16.1 Å². The Morgan fingerprint density at radius 1 is 1.12 bits per heavy atom. The second-order valence-corrected chi connectivity index (χ2v) is 6.26. The summed E-state index contributed by atoms with van der Waals surface area (Å²) in [5.74, 6) is 0.744. The van der Waals surface area contributed by atoms with Crippen LogP contribution in [0.25, 0.3) is 11.0 Å². The predicted octanol–water partition coefficient (Wildman–Crippen LogP) is 5.91. The summed E-state index contributed by atoms with van der Waals surface area (Å²) in [6.07, 6.45) is 3.38. The van der Waals surface area contributed by atoms with Gasteiger partial charge in [-0.25, -0.2) is 0 Å². The number of amides is 1. The first-order valence-corrected chi connectivity index (χ1v) is 8.77. The predicted molar refractivity (Wildman–Crippen MR) is 101 cm³/mol. The number of nitrogens with one attached hydrogen (secondary N) is 1. The monoisotopic (exact) mass is 357 g/mol. The molecule has 1 N–H and O–H groups in total. The minimum atomic E-state index is -0.302. The van der Waals surface area contributed by atoms with Crippen molar-refractivity contribution >= 4 is 34.2 Å². The quantitative estimate of drug-likeness (QED) is 0.535. The van der Waals surface area contributed by atoms with Gasteiger partial charge in [0.15, 0.2) is 5.76 Å². The average molecular weight is 358 g/mol. The van der Waals surface area contributed by atoms with Crippen molar-refractivity contribution in [2.24, 2.45) is 0 Å². The molecule has 0 fully saturated rings. The normalized spacial score (nSPS) is 10.8. The number of halogens is 1. The van der Waals surface area contributed by atoms with Gasteiger partial charge in [-0.2, -0.15) is 0 Å². The van der Waals surface area contributed by atoms with E-state index in [0.717, 1.165) is 24.0 Å². The first-order valence-electron chi connectivity index (χ1n) is 8.39. The molecule has 4 nitrogen and oxygen atoms in total. The molecule has 0 aliphatic carbocycles. The number of carbonyl (C=O) groups is 1. The molecule has 0 spiro atoms. The smallest absolute Gasteiger partial charge is 0.291 e. The first kappa shape index (κ1) is 17.4. The van der Waals surface area contributed by atoms with Gasteiger partial charge in [0.25, 0.3) is 5.91 Å². The van der Waals surface area contributed by atoms with Crippen molar-refractivity contribution in [3.63, 3.8) is 0 Å². The van der Waals surface area contributed by atoms with Gasteiger partial charge in [-0.3, -0.25) is 4.79 Å². The van der Waals surface area contributed by atoms with Crippen LogP contribution in [0.15, 0.2) is 52.9 Å². The van der Waals surface area contributed by atoms with Crippen LogP contribution in [0.2, 0.25) is 5.02 Å². The van der Waals surface area contributed by atoms with Gasteiger partial charge in [-0.15, -0.1) is 0 Å². The van der Waals surface area contributed by atoms with E-state index >= 15 is 0 Å². The molecule has 0 atom stereocenters. The number of unbranched alkanes of at least 4 members (excludes halogenated alkanes) is 2. The molecule has 25 heavy (non-hydrogen) atoms. The Kier molecular flexibility index (Phi) is 5.61. The summed E-state index contributed by atoms with van der Waals surface area (Å²) in [7, 11) is 0. The Labute approximate surface area is 151 Å². The third-order valence-corrected chi connectivity index (χ3v) is 4.07. The van der Waals surface area contributed by atoms with Crippen LogP contribution in [0.4, 0.5) is 5.69 Å². The van der Waals surface area contributed by atoms with E-state index in [-0.39, 0.29) is 11.7 Å². The zero-order valence-corrected chi connectivity index (χ0v) is 14.8. The SMILES string of the molecule is CCCCCOc1ccc(NC(=O)c2cc3cc(Cl)ccc3o2)cc1. The van der Waals surface area contributed by atoms with Gasteiger partial charge in [0.2, 0.25) is 0 Å². The van der Waals surface area contributed by atoms with Crippen LogP contribution in [0.5, 0.6) is 5.75 Å². The number of hydrogen-bond donors (Lipinski definition) is 1. The summed E-state index contributed by atoms with van der Waals surface area (Å²) < 4.78 is 11.2. The van der Waals surface area contributed by atoms with Crippen molar-refractivity contribution in [3.8, 4) is 5.75 Å². The standard InChI is InChI=1S/C20H20ClNO3/c1-2-3-4-11-24-17-8-6-16(7-9-17)22-20(23)19-13-14-12-15(21)5-10-18(14)25-19/h5-10,12-13H,2-4,11H2,1H3,(H,22,23). The van der Waals surface area contributed by atoms with E-state index in [1.807, 2.05) is 24.3 Å². The van der Waals surface area contributed by atoms with E-state index in [0.29, 0.717) is 22.9 Å². The molecule has 0 unspecified atom stereocenters. The molecular weight excluding hydrogens is 338 g/mol. The molecule has 3 aromatic rings. The Bertz CT molecular complexity index is 855. The fourth-order valence-corrected chi connectivity index (χ4v) is 2.68. The van der Waals surface area contributed by atoms with Gasteiger partial charge in [0.05, 0.1) is 6.61 Å². The minimum Gasteiger partial charge on any atom is -0.494 e. The number of hydrogen-bond acceptors (Lipinski definition) is 3. The lowest BCUT2D eigenvalue weighted by Crippen LogP contribution is -2.10. The third-order valence-electron chi connectivity index (χ3n) is 3.83. The van der Waals surface area contributed by atoms with E-state index in [1.54, 1.807) is 24.3 Å². The van der Waals surface area contributed by atoms with Crippen molar-refractivity contribution in [1.29, 1.82) is 0 Å². The molecule has 5 heteroatoms. The lowest BCUT2D eigenvalue weighted by Gasteiger charge is -2.07. The third kappa shape index (κ3) is 4.54. The molecule has 2 aromatic carbocycles. The molecule has 130 valence electrons. The highest BCUT2D eigenvalue weighted by Gasteiger charge is 2.13. The summed E-state index contributed by atoms with van der Waals surface area (Å²) >= 11 is 5.95. The van der Waals surface area contributed by atoms with Crippen LogP contribution >= 0.6 is 11.6 Å². The zero-order valence-electron chi connectivity index (χ0n) is 14.0.